The fraction of sp³-hybridized carbons (Fsp3) is 0.308. The lowest BCUT2D eigenvalue weighted by atomic mass is 10.2. The first kappa shape index (κ1) is 12.7. The zero-order valence-electron chi connectivity index (χ0n) is 10.0. The van der Waals surface area contributed by atoms with Gasteiger partial charge in [-0.3, -0.25) is 0 Å². The fourth-order valence-corrected chi connectivity index (χ4v) is 4.70. The van der Waals surface area contributed by atoms with E-state index in [9.17, 15) is 12.8 Å². The molecule has 3 nitrogen and oxygen atoms in total. The zero-order valence-corrected chi connectivity index (χ0v) is 11.7. The Kier molecular flexibility index (Phi) is 3.14. The number of benzene rings is 1. The Bertz CT molecular complexity index is 688. The Morgan fingerprint density at radius 2 is 1.95 bits per heavy atom. The van der Waals surface area contributed by atoms with Crippen LogP contribution in [0.15, 0.2) is 29.6 Å². The molecular formula is C13H12FNO2S2. The molecule has 0 bridgehead atoms. The van der Waals surface area contributed by atoms with Crippen molar-refractivity contribution in [3.05, 3.63) is 40.5 Å². The van der Waals surface area contributed by atoms with Crippen molar-refractivity contribution in [1.29, 1.82) is 0 Å². The molecule has 1 aromatic carbocycles. The van der Waals surface area contributed by atoms with Gasteiger partial charge in [-0.1, -0.05) is 0 Å². The van der Waals surface area contributed by atoms with Crippen LogP contribution >= 0.6 is 11.3 Å². The topological polar surface area (TPSA) is 47.0 Å². The van der Waals surface area contributed by atoms with E-state index in [0.717, 1.165) is 18.4 Å². The van der Waals surface area contributed by atoms with E-state index in [2.05, 4.69) is 4.98 Å². The largest absolute Gasteiger partial charge is 0.240 e. The molecule has 0 aliphatic heterocycles. The van der Waals surface area contributed by atoms with Crippen LogP contribution in [0.1, 0.15) is 17.8 Å². The Morgan fingerprint density at radius 3 is 2.58 bits per heavy atom. The van der Waals surface area contributed by atoms with Crippen molar-refractivity contribution in [3.63, 3.8) is 0 Å². The minimum atomic E-state index is -3.03. The third-order valence-corrected chi connectivity index (χ3v) is 6.24. The third-order valence-electron chi connectivity index (χ3n) is 3.05. The first-order chi connectivity index (χ1) is 9.04. The number of sulfone groups is 1. The van der Waals surface area contributed by atoms with Gasteiger partial charge in [-0.25, -0.2) is 17.8 Å². The van der Waals surface area contributed by atoms with Gasteiger partial charge in [-0.15, -0.1) is 11.3 Å². The predicted octanol–water partition coefficient (Wildman–Crippen LogP) is 3.03. The Morgan fingerprint density at radius 1 is 1.26 bits per heavy atom. The van der Waals surface area contributed by atoms with Gasteiger partial charge in [0.25, 0.3) is 0 Å². The van der Waals surface area contributed by atoms with Gasteiger partial charge in [0, 0.05) is 10.9 Å². The molecule has 100 valence electrons. The van der Waals surface area contributed by atoms with E-state index >= 15 is 0 Å². The lowest BCUT2D eigenvalue weighted by Crippen LogP contribution is -2.09. The van der Waals surface area contributed by atoms with Gasteiger partial charge in [-0.05, 0) is 37.1 Å². The van der Waals surface area contributed by atoms with Crippen molar-refractivity contribution in [1.82, 2.24) is 4.98 Å². The second-order valence-electron chi connectivity index (χ2n) is 4.64. The molecule has 1 aliphatic carbocycles. The van der Waals surface area contributed by atoms with Gasteiger partial charge in [0.15, 0.2) is 9.84 Å². The maximum Gasteiger partial charge on any atom is 0.159 e. The molecular weight excluding hydrogens is 285 g/mol. The standard InChI is InChI=1S/C13H12FNO2S2/c14-10-3-1-9(2-4-10)12-7-18-13(15-12)8-19(16,17)11-5-6-11/h1-4,7,11H,5-6,8H2. The number of hydrogen-bond acceptors (Lipinski definition) is 4. The molecule has 19 heavy (non-hydrogen) atoms. The SMILES string of the molecule is O=S(=O)(Cc1nc(-c2ccc(F)cc2)cs1)C1CC1. The van der Waals surface area contributed by atoms with Crippen LogP contribution in [0.4, 0.5) is 4.39 Å². The van der Waals surface area contributed by atoms with Crippen molar-refractivity contribution in [2.45, 2.75) is 23.8 Å². The van der Waals surface area contributed by atoms with Gasteiger partial charge in [-0.2, -0.15) is 0 Å². The highest BCUT2D eigenvalue weighted by molar-refractivity contribution is 7.91. The smallest absolute Gasteiger partial charge is 0.159 e. The Hall–Kier alpha value is -1.27. The second kappa shape index (κ2) is 4.68. The summed E-state index contributed by atoms with van der Waals surface area (Å²) in [6.45, 7) is 0. The summed E-state index contributed by atoms with van der Waals surface area (Å²) >= 11 is 1.34. The van der Waals surface area contributed by atoms with Crippen LogP contribution in [-0.2, 0) is 15.6 Å². The lowest BCUT2D eigenvalue weighted by molar-refractivity contribution is 0.594. The number of aromatic nitrogens is 1. The molecule has 0 N–H and O–H groups in total. The first-order valence-corrected chi connectivity index (χ1v) is 8.56. The minimum absolute atomic E-state index is 0.0174. The highest BCUT2D eigenvalue weighted by atomic mass is 32.2. The molecule has 0 atom stereocenters. The molecule has 0 radical (unpaired) electrons. The van der Waals surface area contributed by atoms with Crippen molar-refractivity contribution < 1.29 is 12.8 Å². The first-order valence-electron chi connectivity index (χ1n) is 5.96. The predicted molar refractivity (Wildman–Crippen MR) is 73.2 cm³/mol. The summed E-state index contributed by atoms with van der Waals surface area (Å²) < 4.78 is 36.6. The van der Waals surface area contributed by atoms with E-state index in [0.29, 0.717) is 10.7 Å². The van der Waals surface area contributed by atoms with Crippen LogP contribution in [0, 0.1) is 5.82 Å². The molecule has 3 rings (SSSR count). The number of halogens is 1. The fourth-order valence-electron chi connectivity index (χ4n) is 1.85. The summed E-state index contributed by atoms with van der Waals surface area (Å²) in [5, 5.41) is 2.25. The summed E-state index contributed by atoms with van der Waals surface area (Å²) in [5.74, 6) is -0.278. The summed E-state index contributed by atoms with van der Waals surface area (Å²) in [6, 6.07) is 6.03. The average Bonchev–Trinajstić information content (AvgIpc) is 3.13. The van der Waals surface area contributed by atoms with Crippen LogP contribution in [0.5, 0.6) is 0 Å². The normalized spacial score (nSPS) is 15.6. The number of nitrogens with zero attached hydrogens (tertiary/aromatic N) is 1. The third kappa shape index (κ3) is 2.84. The average molecular weight is 297 g/mol. The van der Waals surface area contributed by atoms with Gasteiger partial charge >= 0.3 is 0 Å². The van der Waals surface area contributed by atoms with E-state index < -0.39 is 9.84 Å². The molecule has 2 aromatic rings. The molecule has 0 amide bonds. The van der Waals surface area contributed by atoms with Crippen molar-refractivity contribution >= 4 is 21.2 Å². The van der Waals surface area contributed by atoms with Crippen LogP contribution in [0.2, 0.25) is 0 Å². The molecule has 1 saturated carbocycles. The number of rotatable bonds is 4. The monoisotopic (exact) mass is 297 g/mol. The molecule has 1 aliphatic rings. The van der Waals surface area contributed by atoms with E-state index in [-0.39, 0.29) is 16.8 Å². The second-order valence-corrected chi connectivity index (χ2v) is 7.86. The summed E-state index contributed by atoms with van der Waals surface area (Å²) in [7, 11) is -3.03. The maximum atomic E-state index is 12.8. The molecule has 6 heteroatoms. The minimum Gasteiger partial charge on any atom is -0.240 e. The van der Waals surface area contributed by atoms with Crippen LogP contribution in [-0.4, -0.2) is 18.7 Å². The number of hydrogen-bond donors (Lipinski definition) is 0. The van der Waals surface area contributed by atoms with E-state index in [1.807, 2.05) is 5.38 Å². The van der Waals surface area contributed by atoms with Gasteiger partial charge < -0.3 is 0 Å². The van der Waals surface area contributed by atoms with Gasteiger partial charge in [0.2, 0.25) is 0 Å². The van der Waals surface area contributed by atoms with Crippen LogP contribution in [0.3, 0.4) is 0 Å². The summed E-state index contributed by atoms with van der Waals surface area (Å²) in [4.78, 5) is 4.32. The van der Waals surface area contributed by atoms with Gasteiger partial charge in [0.05, 0.1) is 10.9 Å². The van der Waals surface area contributed by atoms with E-state index in [1.54, 1.807) is 12.1 Å². The van der Waals surface area contributed by atoms with Crippen LogP contribution in [0.25, 0.3) is 11.3 Å². The Labute approximate surface area is 115 Å². The van der Waals surface area contributed by atoms with Crippen LogP contribution < -0.4 is 0 Å². The summed E-state index contributed by atoms with van der Waals surface area (Å²) in [5.41, 5.74) is 1.50. The maximum absolute atomic E-state index is 12.8. The molecule has 0 saturated heterocycles. The van der Waals surface area contributed by atoms with E-state index in [4.69, 9.17) is 0 Å². The van der Waals surface area contributed by atoms with Gasteiger partial charge in [0.1, 0.15) is 16.6 Å². The highest BCUT2D eigenvalue weighted by Crippen LogP contribution is 2.32. The zero-order chi connectivity index (χ0) is 13.5. The summed E-state index contributed by atoms with van der Waals surface area (Å²) in [6.07, 6.45) is 1.55. The Balaban J connectivity index is 1.81. The van der Waals surface area contributed by atoms with E-state index in [1.165, 1.54) is 23.5 Å². The van der Waals surface area contributed by atoms with Crippen molar-refractivity contribution in [2.75, 3.05) is 0 Å². The van der Waals surface area contributed by atoms with Crippen molar-refractivity contribution in [2.24, 2.45) is 0 Å². The molecule has 1 aromatic heterocycles. The molecule has 1 fully saturated rings. The quantitative estimate of drug-likeness (QED) is 0.871. The highest BCUT2D eigenvalue weighted by Gasteiger charge is 2.36. The molecule has 0 unspecified atom stereocenters. The lowest BCUT2D eigenvalue weighted by Gasteiger charge is -1.98. The van der Waals surface area contributed by atoms with Crippen molar-refractivity contribution in [3.8, 4) is 11.3 Å². The molecule has 1 heterocycles. The number of thiazole rings is 1. The molecule has 0 spiro atoms.